The average Bonchev–Trinajstić information content (AvgIpc) is 3.28. The SMILES string of the molecule is COC(=O)[C@H](CCCCN)NC(=O)[C@H](Cc1c(Sc2ccccc2[N+](=O)[O-])[nH]c2ccccc12)NC(=O)CCS. The van der Waals surface area contributed by atoms with Crippen LogP contribution in [0.3, 0.4) is 0 Å². The molecule has 0 aliphatic rings. The van der Waals surface area contributed by atoms with Gasteiger partial charge in [-0.15, -0.1) is 0 Å². The number of benzene rings is 2. The summed E-state index contributed by atoms with van der Waals surface area (Å²) in [4.78, 5) is 53.4. The Labute approximate surface area is 241 Å². The molecule has 2 amide bonds. The molecule has 0 aliphatic heterocycles. The second-order valence-corrected chi connectivity index (χ2v) is 10.5. The molecule has 40 heavy (non-hydrogen) atoms. The summed E-state index contributed by atoms with van der Waals surface area (Å²) in [7, 11) is 1.24. The van der Waals surface area contributed by atoms with Crippen LogP contribution in [0, 0.1) is 10.1 Å². The highest BCUT2D eigenvalue weighted by molar-refractivity contribution is 7.99. The van der Waals surface area contributed by atoms with Crippen molar-refractivity contribution in [2.45, 2.75) is 54.1 Å². The van der Waals surface area contributed by atoms with E-state index in [0.717, 1.165) is 10.9 Å². The number of esters is 1. The number of carbonyl (C=O) groups excluding carboxylic acids is 3. The number of hydrogen-bond donors (Lipinski definition) is 5. The Balaban J connectivity index is 1.98. The van der Waals surface area contributed by atoms with Gasteiger partial charge in [-0.1, -0.05) is 42.1 Å². The maximum Gasteiger partial charge on any atom is 0.328 e. The van der Waals surface area contributed by atoms with E-state index < -0.39 is 28.9 Å². The molecule has 0 spiro atoms. The molecular weight excluding hydrogens is 554 g/mol. The number of aromatic amines is 1. The van der Waals surface area contributed by atoms with Gasteiger partial charge >= 0.3 is 5.97 Å². The van der Waals surface area contributed by atoms with Crippen LogP contribution >= 0.6 is 24.4 Å². The molecular formula is C27H33N5O6S2. The number of nitro groups is 1. The van der Waals surface area contributed by atoms with Gasteiger partial charge in [0.05, 0.1) is 22.0 Å². The standard InChI is InChI=1S/C27H33N5O6S2/c1-38-27(35)20(10-6-7-14-28)30-25(34)21(29-24(33)13-15-39)16-18-17-8-2-3-9-19(17)31-26(18)40-23-12-5-4-11-22(23)32(36)37/h2-5,8-9,11-12,20-21,31,39H,6-7,10,13-16,28H2,1H3,(H,29,33)(H,30,34)/t20-,21-/m0/s1. The second kappa shape index (κ2) is 15.3. The molecule has 0 saturated carbocycles. The summed E-state index contributed by atoms with van der Waals surface area (Å²) in [6.45, 7) is 0.449. The number of amides is 2. The number of thiol groups is 1. The Morgan fingerprint density at radius 3 is 2.52 bits per heavy atom. The molecule has 3 aromatic rings. The normalized spacial score (nSPS) is 12.5. The van der Waals surface area contributed by atoms with Crippen molar-refractivity contribution in [3.8, 4) is 0 Å². The van der Waals surface area contributed by atoms with Gasteiger partial charge in [0.2, 0.25) is 11.8 Å². The number of para-hydroxylation sites is 2. The van der Waals surface area contributed by atoms with E-state index in [0.29, 0.717) is 41.3 Å². The number of aromatic nitrogens is 1. The van der Waals surface area contributed by atoms with Gasteiger partial charge in [0.1, 0.15) is 12.1 Å². The number of nitrogens with zero attached hydrogens (tertiary/aromatic N) is 1. The summed E-state index contributed by atoms with van der Waals surface area (Å²) >= 11 is 5.29. The maximum absolute atomic E-state index is 13.5. The first-order valence-corrected chi connectivity index (χ1v) is 14.2. The molecule has 2 aromatic carbocycles. The van der Waals surface area contributed by atoms with Crippen LogP contribution in [-0.4, -0.2) is 59.2 Å². The molecule has 0 fully saturated rings. The van der Waals surface area contributed by atoms with E-state index in [1.807, 2.05) is 24.3 Å². The predicted octanol–water partition coefficient (Wildman–Crippen LogP) is 3.36. The molecule has 13 heteroatoms. The molecule has 0 unspecified atom stereocenters. The van der Waals surface area contributed by atoms with Crippen molar-refractivity contribution in [2.24, 2.45) is 5.73 Å². The van der Waals surface area contributed by atoms with Crippen molar-refractivity contribution in [1.29, 1.82) is 0 Å². The van der Waals surface area contributed by atoms with Crippen LogP contribution in [0.5, 0.6) is 0 Å². The van der Waals surface area contributed by atoms with Crippen molar-refractivity contribution in [3.05, 3.63) is 64.2 Å². The number of hydrogen-bond acceptors (Lipinski definition) is 9. The van der Waals surface area contributed by atoms with Gasteiger partial charge < -0.3 is 26.1 Å². The monoisotopic (exact) mass is 587 g/mol. The van der Waals surface area contributed by atoms with Gasteiger partial charge in [-0.05, 0) is 49.3 Å². The van der Waals surface area contributed by atoms with Gasteiger partial charge in [0.15, 0.2) is 0 Å². The number of unbranched alkanes of at least 4 members (excludes halogenated alkanes) is 1. The topological polar surface area (TPSA) is 169 Å². The van der Waals surface area contributed by atoms with Crippen molar-refractivity contribution < 1.29 is 24.0 Å². The summed E-state index contributed by atoms with van der Waals surface area (Å²) in [5.74, 6) is -1.23. The summed E-state index contributed by atoms with van der Waals surface area (Å²) < 4.78 is 4.88. The van der Waals surface area contributed by atoms with Gasteiger partial charge in [-0.2, -0.15) is 12.6 Å². The minimum Gasteiger partial charge on any atom is -0.467 e. The van der Waals surface area contributed by atoms with Crippen molar-refractivity contribution >= 4 is 58.8 Å². The zero-order chi connectivity index (χ0) is 29.1. The lowest BCUT2D eigenvalue weighted by Crippen LogP contribution is -2.52. The van der Waals surface area contributed by atoms with Crippen molar-refractivity contribution in [2.75, 3.05) is 19.4 Å². The van der Waals surface area contributed by atoms with Crippen LogP contribution < -0.4 is 16.4 Å². The third kappa shape index (κ3) is 8.23. The maximum atomic E-state index is 13.5. The van der Waals surface area contributed by atoms with E-state index in [4.69, 9.17) is 10.5 Å². The number of methoxy groups -OCH3 is 1. The summed E-state index contributed by atoms with van der Waals surface area (Å²) in [5.41, 5.74) is 6.99. The van der Waals surface area contributed by atoms with E-state index in [2.05, 4.69) is 28.2 Å². The minimum atomic E-state index is -1.04. The van der Waals surface area contributed by atoms with Crippen LogP contribution in [0.25, 0.3) is 10.9 Å². The third-order valence-electron chi connectivity index (χ3n) is 6.20. The molecule has 11 nitrogen and oxygen atoms in total. The Hall–Kier alpha value is -3.55. The zero-order valence-electron chi connectivity index (χ0n) is 22.1. The number of rotatable bonds is 15. The summed E-state index contributed by atoms with van der Waals surface area (Å²) in [6, 6.07) is 11.9. The molecule has 0 bridgehead atoms. The highest BCUT2D eigenvalue weighted by Gasteiger charge is 2.29. The zero-order valence-corrected chi connectivity index (χ0v) is 23.8. The number of ether oxygens (including phenoxy) is 1. The Morgan fingerprint density at radius 1 is 1.10 bits per heavy atom. The molecule has 1 aromatic heterocycles. The number of H-pyrrole nitrogens is 1. The highest BCUT2D eigenvalue weighted by atomic mass is 32.2. The van der Waals surface area contributed by atoms with Gasteiger partial charge in [-0.25, -0.2) is 4.79 Å². The lowest BCUT2D eigenvalue weighted by molar-refractivity contribution is -0.387. The predicted molar refractivity (Wildman–Crippen MR) is 156 cm³/mol. The Morgan fingerprint density at radius 2 is 1.82 bits per heavy atom. The first-order valence-electron chi connectivity index (χ1n) is 12.8. The molecule has 0 radical (unpaired) electrons. The molecule has 5 N–H and O–H groups in total. The molecule has 0 aliphatic carbocycles. The fraction of sp³-hybridized carbons (Fsp3) is 0.370. The number of carbonyl (C=O) groups is 3. The fourth-order valence-electron chi connectivity index (χ4n) is 4.21. The van der Waals surface area contributed by atoms with E-state index >= 15 is 0 Å². The largest absolute Gasteiger partial charge is 0.467 e. The fourth-order valence-corrected chi connectivity index (χ4v) is 5.50. The van der Waals surface area contributed by atoms with Crippen molar-refractivity contribution in [1.82, 2.24) is 15.6 Å². The molecule has 2 atom stereocenters. The molecule has 3 rings (SSSR count). The lowest BCUT2D eigenvalue weighted by atomic mass is 10.0. The number of fused-ring (bicyclic) bond motifs is 1. The van der Waals surface area contributed by atoms with Crippen LogP contribution in [-0.2, 0) is 25.5 Å². The van der Waals surface area contributed by atoms with E-state index in [1.54, 1.807) is 18.2 Å². The van der Waals surface area contributed by atoms with Crippen LogP contribution in [0.2, 0.25) is 0 Å². The van der Waals surface area contributed by atoms with Gasteiger partial charge in [0, 0.05) is 29.8 Å². The third-order valence-corrected chi connectivity index (χ3v) is 7.54. The molecule has 0 saturated heterocycles. The van der Waals surface area contributed by atoms with E-state index in [9.17, 15) is 24.5 Å². The lowest BCUT2D eigenvalue weighted by Gasteiger charge is -2.23. The molecule has 1 heterocycles. The van der Waals surface area contributed by atoms with Crippen LogP contribution in [0.1, 0.15) is 31.2 Å². The summed E-state index contributed by atoms with van der Waals surface area (Å²) in [6.07, 6.45) is 1.77. The van der Waals surface area contributed by atoms with E-state index in [-0.39, 0.29) is 30.2 Å². The quantitative estimate of drug-likeness (QED) is 0.0593. The molecule has 214 valence electrons. The second-order valence-electron chi connectivity index (χ2n) is 8.97. The number of nitro benzene ring substituents is 1. The Bertz CT molecular complexity index is 1350. The highest BCUT2D eigenvalue weighted by Crippen LogP contribution is 2.39. The average molecular weight is 588 g/mol. The van der Waals surface area contributed by atoms with Crippen molar-refractivity contribution in [3.63, 3.8) is 0 Å². The van der Waals surface area contributed by atoms with Gasteiger partial charge in [0.25, 0.3) is 5.69 Å². The van der Waals surface area contributed by atoms with E-state index in [1.165, 1.54) is 24.9 Å². The number of nitrogens with one attached hydrogen (secondary N) is 3. The Kier molecular flexibility index (Phi) is 11.8. The smallest absolute Gasteiger partial charge is 0.328 e. The van der Waals surface area contributed by atoms with Crippen LogP contribution in [0.15, 0.2) is 58.5 Å². The first-order chi connectivity index (χ1) is 19.3. The van der Waals surface area contributed by atoms with Gasteiger partial charge in [-0.3, -0.25) is 19.7 Å². The minimum absolute atomic E-state index is 0.0492. The first kappa shape index (κ1) is 31.0. The summed E-state index contributed by atoms with van der Waals surface area (Å²) in [5, 5.41) is 18.5. The van der Waals surface area contributed by atoms with Crippen LogP contribution in [0.4, 0.5) is 5.69 Å². The number of nitrogens with two attached hydrogens (primary N) is 1.